The second-order valence-electron chi connectivity index (χ2n) is 5.74. The molecular weight excluding hydrogens is 226 g/mol. The van der Waals surface area contributed by atoms with Crippen LogP contribution in [0, 0.1) is 5.92 Å². The molecule has 0 aromatic rings. The van der Waals surface area contributed by atoms with Gasteiger partial charge in [-0.05, 0) is 45.2 Å². The lowest BCUT2D eigenvalue weighted by Crippen LogP contribution is -2.54. The number of carbonyl (C=O) groups excluding carboxylic acids is 1. The minimum absolute atomic E-state index is 0.234. The van der Waals surface area contributed by atoms with E-state index in [1.807, 2.05) is 6.92 Å². The highest BCUT2D eigenvalue weighted by molar-refractivity contribution is 5.84. The van der Waals surface area contributed by atoms with Gasteiger partial charge >= 0.3 is 0 Å². The molecule has 106 valence electrons. The van der Waals surface area contributed by atoms with Crippen LogP contribution in [0.2, 0.25) is 0 Å². The molecule has 0 aliphatic carbocycles. The van der Waals surface area contributed by atoms with Crippen molar-refractivity contribution in [3.63, 3.8) is 0 Å². The first-order chi connectivity index (χ1) is 8.51. The summed E-state index contributed by atoms with van der Waals surface area (Å²) in [6.07, 6.45) is 4.38. The van der Waals surface area contributed by atoms with E-state index >= 15 is 0 Å². The molecule has 1 rings (SSSR count). The summed E-state index contributed by atoms with van der Waals surface area (Å²) in [6, 6.07) is 0. The first kappa shape index (κ1) is 15.4. The van der Waals surface area contributed by atoms with Crippen molar-refractivity contribution in [3.05, 3.63) is 0 Å². The SMILES string of the molecule is CCCNC(C)(CCN1CCC(CC)C1)C(N)=O. The molecule has 0 spiro atoms. The van der Waals surface area contributed by atoms with Crippen molar-refractivity contribution < 1.29 is 4.79 Å². The number of nitrogens with one attached hydrogen (secondary N) is 1. The molecule has 1 saturated heterocycles. The van der Waals surface area contributed by atoms with Crippen LogP contribution in [-0.4, -0.2) is 42.5 Å². The summed E-state index contributed by atoms with van der Waals surface area (Å²) in [5.74, 6) is 0.607. The quantitative estimate of drug-likeness (QED) is 0.688. The van der Waals surface area contributed by atoms with Gasteiger partial charge in [0, 0.05) is 13.1 Å². The van der Waals surface area contributed by atoms with Crippen molar-refractivity contribution in [1.29, 1.82) is 0 Å². The van der Waals surface area contributed by atoms with Crippen LogP contribution < -0.4 is 11.1 Å². The zero-order valence-corrected chi connectivity index (χ0v) is 12.2. The van der Waals surface area contributed by atoms with Gasteiger partial charge in [0.05, 0.1) is 5.54 Å². The standard InChI is InChI=1S/C14H29N3O/c1-4-8-16-14(3,13(15)18)7-10-17-9-6-12(5-2)11-17/h12,16H,4-11H2,1-3H3,(H2,15,18). The van der Waals surface area contributed by atoms with E-state index in [1.54, 1.807) is 0 Å². The van der Waals surface area contributed by atoms with Crippen LogP contribution in [0.15, 0.2) is 0 Å². The minimum atomic E-state index is -0.555. The first-order valence-corrected chi connectivity index (χ1v) is 7.29. The van der Waals surface area contributed by atoms with Crippen molar-refractivity contribution in [2.75, 3.05) is 26.2 Å². The predicted octanol–water partition coefficient (Wildman–Crippen LogP) is 1.35. The molecule has 18 heavy (non-hydrogen) atoms. The van der Waals surface area contributed by atoms with E-state index < -0.39 is 5.54 Å². The average molecular weight is 255 g/mol. The third-order valence-electron chi connectivity index (χ3n) is 4.18. The Morgan fingerprint density at radius 1 is 1.50 bits per heavy atom. The zero-order chi connectivity index (χ0) is 13.6. The number of rotatable bonds is 8. The van der Waals surface area contributed by atoms with Crippen LogP contribution >= 0.6 is 0 Å². The fraction of sp³-hybridized carbons (Fsp3) is 0.929. The third kappa shape index (κ3) is 4.25. The van der Waals surface area contributed by atoms with Gasteiger partial charge in [-0.15, -0.1) is 0 Å². The van der Waals surface area contributed by atoms with Gasteiger partial charge in [0.1, 0.15) is 0 Å². The van der Waals surface area contributed by atoms with Crippen molar-refractivity contribution in [3.8, 4) is 0 Å². The Balaban J connectivity index is 2.40. The van der Waals surface area contributed by atoms with E-state index in [9.17, 15) is 4.79 Å². The lowest BCUT2D eigenvalue weighted by molar-refractivity contribution is -0.124. The number of amides is 1. The summed E-state index contributed by atoms with van der Waals surface area (Å²) in [6.45, 7) is 10.4. The van der Waals surface area contributed by atoms with Crippen LogP contribution in [0.3, 0.4) is 0 Å². The van der Waals surface area contributed by atoms with E-state index in [-0.39, 0.29) is 5.91 Å². The minimum Gasteiger partial charge on any atom is -0.368 e. The van der Waals surface area contributed by atoms with Crippen molar-refractivity contribution in [1.82, 2.24) is 10.2 Å². The Morgan fingerprint density at radius 2 is 2.22 bits per heavy atom. The molecule has 0 saturated carbocycles. The van der Waals surface area contributed by atoms with Gasteiger partial charge in [-0.25, -0.2) is 0 Å². The largest absolute Gasteiger partial charge is 0.368 e. The van der Waals surface area contributed by atoms with Crippen LogP contribution in [0.25, 0.3) is 0 Å². The second-order valence-corrected chi connectivity index (χ2v) is 5.74. The van der Waals surface area contributed by atoms with Crippen LogP contribution in [0.1, 0.15) is 46.5 Å². The zero-order valence-electron chi connectivity index (χ0n) is 12.2. The summed E-state index contributed by atoms with van der Waals surface area (Å²) in [4.78, 5) is 14.1. The Hall–Kier alpha value is -0.610. The molecule has 0 bridgehead atoms. The number of carbonyl (C=O) groups is 1. The maximum atomic E-state index is 11.6. The molecule has 4 nitrogen and oxygen atoms in total. The molecular formula is C14H29N3O. The van der Waals surface area contributed by atoms with E-state index in [4.69, 9.17) is 5.73 Å². The lowest BCUT2D eigenvalue weighted by atomic mass is 9.96. The summed E-state index contributed by atoms with van der Waals surface area (Å²) >= 11 is 0. The summed E-state index contributed by atoms with van der Waals surface area (Å²) in [5.41, 5.74) is 4.97. The number of primary amides is 1. The number of nitrogens with zero attached hydrogens (tertiary/aromatic N) is 1. The van der Waals surface area contributed by atoms with Gasteiger partial charge in [0.15, 0.2) is 0 Å². The second kappa shape index (κ2) is 7.10. The van der Waals surface area contributed by atoms with E-state index in [1.165, 1.54) is 25.9 Å². The van der Waals surface area contributed by atoms with Crippen molar-refractivity contribution in [2.45, 2.75) is 52.0 Å². The van der Waals surface area contributed by atoms with E-state index in [2.05, 4.69) is 24.1 Å². The molecule has 0 radical (unpaired) electrons. The Kier molecular flexibility index (Phi) is 6.09. The van der Waals surface area contributed by atoms with Crippen LogP contribution in [0.4, 0.5) is 0 Å². The molecule has 2 unspecified atom stereocenters. The molecule has 1 fully saturated rings. The van der Waals surface area contributed by atoms with Gasteiger partial charge in [-0.1, -0.05) is 20.3 Å². The number of hydrogen-bond acceptors (Lipinski definition) is 3. The molecule has 2 atom stereocenters. The normalized spacial score (nSPS) is 24.1. The van der Waals surface area contributed by atoms with Gasteiger partial charge < -0.3 is 16.0 Å². The molecule has 1 aliphatic rings. The highest BCUT2D eigenvalue weighted by Crippen LogP contribution is 2.20. The Morgan fingerprint density at radius 3 is 2.72 bits per heavy atom. The Labute approximate surface area is 111 Å². The molecule has 1 aliphatic heterocycles. The fourth-order valence-electron chi connectivity index (χ4n) is 2.53. The van der Waals surface area contributed by atoms with E-state index in [0.29, 0.717) is 0 Å². The monoisotopic (exact) mass is 255 g/mol. The number of likely N-dealkylation sites (tertiary alicyclic amines) is 1. The number of hydrogen-bond donors (Lipinski definition) is 2. The van der Waals surface area contributed by atoms with Crippen molar-refractivity contribution in [2.24, 2.45) is 11.7 Å². The average Bonchev–Trinajstić information content (AvgIpc) is 2.81. The molecule has 1 heterocycles. The Bertz CT molecular complexity index is 270. The molecule has 1 amide bonds. The van der Waals surface area contributed by atoms with Gasteiger partial charge in [-0.2, -0.15) is 0 Å². The van der Waals surface area contributed by atoms with Crippen molar-refractivity contribution >= 4 is 5.91 Å². The van der Waals surface area contributed by atoms with Crippen LogP contribution in [0.5, 0.6) is 0 Å². The molecule has 0 aromatic carbocycles. The lowest BCUT2D eigenvalue weighted by Gasteiger charge is -2.29. The molecule has 4 heteroatoms. The predicted molar refractivity (Wildman–Crippen MR) is 75.3 cm³/mol. The first-order valence-electron chi connectivity index (χ1n) is 7.29. The van der Waals surface area contributed by atoms with Gasteiger partial charge in [0.2, 0.25) is 5.91 Å². The summed E-state index contributed by atoms with van der Waals surface area (Å²) in [7, 11) is 0. The molecule has 0 aromatic heterocycles. The summed E-state index contributed by atoms with van der Waals surface area (Å²) < 4.78 is 0. The van der Waals surface area contributed by atoms with E-state index in [0.717, 1.165) is 31.8 Å². The smallest absolute Gasteiger partial charge is 0.237 e. The maximum Gasteiger partial charge on any atom is 0.237 e. The molecule has 3 N–H and O–H groups in total. The number of nitrogens with two attached hydrogens (primary N) is 1. The van der Waals surface area contributed by atoms with Crippen LogP contribution in [-0.2, 0) is 4.79 Å². The summed E-state index contributed by atoms with van der Waals surface area (Å²) in [5, 5.41) is 3.29. The highest BCUT2D eigenvalue weighted by atomic mass is 16.1. The van der Waals surface area contributed by atoms with Gasteiger partial charge in [-0.3, -0.25) is 4.79 Å². The topological polar surface area (TPSA) is 58.4 Å². The highest BCUT2D eigenvalue weighted by Gasteiger charge is 2.31. The van der Waals surface area contributed by atoms with Gasteiger partial charge in [0.25, 0.3) is 0 Å². The third-order valence-corrected chi connectivity index (χ3v) is 4.18. The fourth-order valence-corrected chi connectivity index (χ4v) is 2.53. The maximum absolute atomic E-state index is 11.6.